The summed E-state index contributed by atoms with van der Waals surface area (Å²) in [6.45, 7) is 0. The lowest BCUT2D eigenvalue weighted by Crippen LogP contribution is -1.98. The van der Waals surface area contributed by atoms with Crippen molar-refractivity contribution in [3.63, 3.8) is 0 Å². The molecule has 0 atom stereocenters. The molecule has 2 rings (SSSR count). The van der Waals surface area contributed by atoms with Crippen molar-refractivity contribution in [1.82, 2.24) is 4.98 Å². The number of aromatic nitrogens is 1. The van der Waals surface area contributed by atoms with Gasteiger partial charge in [-0.05, 0) is 34.1 Å². The van der Waals surface area contributed by atoms with Gasteiger partial charge in [0, 0.05) is 12.3 Å². The Balaban J connectivity index is 2.36. The highest BCUT2D eigenvalue weighted by atomic mass is 79.9. The zero-order chi connectivity index (χ0) is 14.5. The summed E-state index contributed by atoms with van der Waals surface area (Å²) in [6.07, 6.45) is 1.50. The molecule has 0 spiro atoms. The molecule has 1 heterocycles. The maximum absolute atomic E-state index is 8.83. The van der Waals surface area contributed by atoms with Gasteiger partial charge in [0.15, 0.2) is 0 Å². The average Bonchev–Trinajstić information content (AvgIpc) is 2.49. The zero-order valence-electron chi connectivity index (χ0n) is 11.0. The van der Waals surface area contributed by atoms with Crippen LogP contribution in [-0.4, -0.2) is 19.2 Å². The number of nitrogens with one attached hydrogen (secondary N) is 1. The van der Waals surface area contributed by atoms with Gasteiger partial charge >= 0.3 is 0 Å². The number of benzene rings is 1. The van der Waals surface area contributed by atoms with E-state index in [0.29, 0.717) is 27.4 Å². The van der Waals surface area contributed by atoms with Crippen LogP contribution in [0.15, 0.2) is 34.9 Å². The number of methoxy groups -OCH3 is 2. The Bertz CT molecular complexity index is 668. The van der Waals surface area contributed by atoms with Crippen molar-refractivity contribution in [3.05, 3.63) is 40.5 Å². The van der Waals surface area contributed by atoms with Gasteiger partial charge in [0.1, 0.15) is 23.4 Å². The first-order chi connectivity index (χ1) is 9.67. The van der Waals surface area contributed by atoms with Crippen LogP contribution in [0, 0.1) is 11.3 Å². The van der Waals surface area contributed by atoms with Crippen molar-refractivity contribution in [3.8, 4) is 17.6 Å². The van der Waals surface area contributed by atoms with Gasteiger partial charge in [0.2, 0.25) is 0 Å². The molecule has 1 N–H and O–H groups in total. The Morgan fingerprint density at radius 3 is 2.65 bits per heavy atom. The van der Waals surface area contributed by atoms with E-state index in [2.05, 4.69) is 26.2 Å². The second-order valence-electron chi connectivity index (χ2n) is 3.86. The van der Waals surface area contributed by atoms with Gasteiger partial charge in [-0.2, -0.15) is 5.26 Å². The van der Waals surface area contributed by atoms with E-state index < -0.39 is 0 Å². The lowest BCUT2D eigenvalue weighted by atomic mass is 10.2. The molecule has 0 bridgehead atoms. The SMILES string of the molecule is COc1ccc(OC)c(Nc2ncc(C#N)cc2Br)c1. The molecule has 6 heteroatoms. The first-order valence-corrected chi connectivity index (χ1v) is 6.52. The summed E-state index contributed by atoms with van der Waals surface area (Å²) in [7, 11) is 3.19. The molecule has 1 aromatic heterocycles. The van der Waals surface area contributed by atoms with Crippen molar-refractivity contribution in [2.24, 2.45) is 0 Å². The molecule has 0 saturated heterocycles. The normalized spacial score (nSPS) is 9.70. The highest BCUT2D eigenvalue weighted by Crippen LogP contribution is 2.33. The lowest BCUT2D eigenvalue weighted by molar-refractivity contribution is 0.405. The number of ether oxygens (including phenoxy) is 2. The Hall–Kier alpha value is -2.26. The van der Waals surface area contributed by atoms with Crippen LogP contribution >= 0.6 is 15.9 Å². The fraction of sp³-hybridized carbons (Fsp3) is 0.143. The Morgan fingerprint density at radius 1 is 1.25 bits per heavy atom. The first kappa shape index (κ1) is 14.2. The molecule has 2 aromatic rings. The summed E-state index contributed by atoms with van der Waals surface area (Å²) in [5.74, 6) is 1.97. The zero-order valence-corrected chi connectivity index (χ0v) is 12.6. The van der Waals surface area contributed by atoms with Gasteiger partial charge in [-0.15, -0.1) is 0 Å². The molecular weight excluding hydrogens is 322 g/mol. The monoisotopic (exact) mass is 333 g/mol. The number of halogens is 1. The molecule has 1 aromatic carbocycles. The summed E-state index contributed by atoms with van der Waals surface area (Å²) in [6, 6.07) is 9.16. The third kappa shape index (κ3) is 3.00. The second-order valence-corrected chi connectivity index (χ2v) is 4.71. The standard InChI is InChI=1S/C14H12BrN3O2/c1-19-10-3-4-13(20-2)12(6-10)18-14-11(15)5-9(7-16)8-17-14/h3-6,8H,1-2H3,(H,17,18). The van der Waals surface area contributed by atoms with Crippen molar-refractivity contribution in [2.75, 3.05) is 19.5 Å². The molecule has 0 aliphatic heterocycles. The third-order valence-corrected chi connectivity index (χ3v) is 3.23. The van der Waals surface area contributed by atoms with Crippen molar-refractivity contribution in [2.45, 2.75) is 0 Å². The Labute approximate surface area is 125 Å². The molecular formula is C14H12BrN3O2. The molecule has 0 saturated carbocycles. The highest BCUT2D eigenvalue weighted by Gasteiger charge is 2.09. The number of nitriles is 1. The average molecular weight is 334 g/mol. The van der Waals surface area contributed by atoms with Gasteiger partial charge in [-0.3, -0.25) is 0 Å². The van der Waals surface area contributed by atoms with Gasteiger partial charge < -0.3 is 14.8 Å². The fourth-order valence-electron chi connectivity index (χ4n) is 1.63. The molecule has 5 nitrogen and oxygen atoms in total. The molecule has 0 aliphatic rings. The number of anilines is 2. The number of rotatable bonds is 4. The molecule has 20 heavy (non-hydrogen) atoms. The number of nitrogens with zero attached hydrogens (tertiary/aromatic N) is 2. The lowest BCUT2D eigenvalue weighted by Gasteiger charge is -2.13. The molecule has 102 valence electrons. The topological polar surface area (TPSA) is 67.2 Å². The minimum atomic E-state index is 0.486. The first-order valence-electron chi connectivity index (χ1n) is 5.72. The van der Waals surface area contributed by atoms with Crippen LogP contribution in [0.5, 0.6) is 11.5 Å². The molecule has 0 unspecified atom stereocenters. The van der Waals surface area contributed by atoms with E-state index >= 15 is 0 Å². The van der Waals surface area contributed by atoms with Crippen LogP contribution in [0.25, 0.3) is 0 Å². The highest BCUT2D eigenvalue weighted by molar-refractivity contribution is 9.10. The summed E-state index contributed by atoms with van der Waals surface area (Å²) >= 11 is 3.38. The van der Waals surface area contributed by atoms with Crippen LogP contribution in [0.4, 0.5) is 11.5 Å². The van der Waals surface area contributed by atoms with E-state index in [9.17, 15) is 0 Å². The van der Waals surface area contributed by atoms with E-state index in [1.807, 2.05) is 18.2 Å². The van der Waals surface area contributed by atoms with Crippen molar-refractivity contribution >= 4 is 27.4 Å². The predicted molar refractivity (Wildman–Crippen MR) is 79.5 cm³/mol. The molecule has 0 fully saturated rings. The van der Waals surface area contributed by atoms with Crippen LogP contribution in [-0.2, 0) is 0 Å². The Kier molecular flexibility index (Phi) is 4.43. The fourth-order valence-corrected chi connectivity index (χ4v) is 2.08. The largest absolute Gasteiger partial charge is 0.497 e. The van der Waals surface area contributed by atoms with Crippen LogP contribution in [0.3, 0.4) is 0 Å². The van der Waals surface area contributed by atoms with E-state index in [0.717, 1.165) is 5.69 Å². The minimum Gasteiger partial charge on any atom is -0.497 e. The van der Waals surface area contributed by atoms with Gasteiger partial charge in [0.05, 0.1) is 29.9 Å². The van der Waals surface area contributed by atoms with E-state index in [1.54, 1.807) is 26.4 Å². The quantitative estimate of drug-likeness (QED) is 0.927. The number of pyridine rings is 1. The van der Waals surface area contributed by atoms with Crippen molar-refractivity contribution < 1.29 is 9.47 Å². The molecule has 0 aliphatic carbocycles. The third-order valence-electron chi connectivity index (χ3n) is 2.63. The predicted octanol–water partition coefficient (Wildman–Crippen LogP) is 3.48. The van der Waals surface area contributed by atoms with E-state index in [1.165, 1.54) is 6.20 Å². The van der Waals surface area contributed by atoms with Crippen LogP contribution in [0.2, 0.25) is 0 Å². The van der Waals surface area contributed by atoms with Crippen LogP contribution in [0.1, 0.15) is 5.56 Å². The van der Waals surface area contributed by atoms with Crippen molar-refractivity contribution in [1.29, 1.82) is 5.26 Å². The second kappa shape index (κ2) is 6.26. The summed E-state index contributed by atoms with van der Waals surface area (Å²) in [5.41, 5.74) is 1.21. The van der Waals surface area contributed by atoms with Gasteiger partial charge in [0.25, 0.3) is 0 Å². The van der Waals surface area contributed by atoms with E-state index in [-0.39, 0.29) is 0 Å². The number of hydrogen-bond donors (Lipinski definition) is 1. The summed E-state index contributed by atoms with van der Waals surface area (Å²) < 4.78 is 11.2. The summed E-state index contributed by atoms with van der Waals surface area (Å²) in [5, 5.41) is 12.0. The Morgan fingerprint density at radius 2 is 2.05 bits per heavy atom. The minimum absolute atomic E-state index is 0.486. The van der Waals surface area contributed by atoms with E-state index in [4.69, 9.17) is 14.7 Å². The van der Waals surface area contributed by atoms with Crippen LogP contribution < -0.4 is 14.8 Å². The molecule has 0 amide bonds. The van der Waals surface area contributed by atoms with Gasteiger partial charge in [-0.1, -0.05) is 0 Å². The van der Waals surface area contributed by atoms with Gasteiger partial charge in [-0.25, -0.2) is 4.98 Å². The maximum Gasteiger partial charge on any atom is 0.144 e. The maximum atomic E-state index is 8.83. The smallest absolute Gasteiger partial charge is 0.144 e. The summed E-state index contributed by atoms with van der Waals surface area (Å²) in [4.78, 5) is 4.20. The molecule has 0 radical (unpaired) electrons. The number of hydrogen-bond acceptors (Lipinski definition) is 5.